The molecular weight excluding hydrogens is 268 g/mol. The van der Waals surface area contributed by atoms with Crippen LogP contribution in [0.25, 0.3) is 0 Å². The molecule has 1 heterocycles. The van der Waals surface area contributed by atoms with Crippen LogP contribution in [0.5, 0.6) is 0 Å². The first kappa shape index (κ1) is 17.7. The molecule has 0 fully saturated rings. The van der Waals surface area contributed by atoms with Gasteiger partial charge in [0.25, 0.3) is 0 Å². The molecule has 6 heteroatoms. The lowest BCUT2D eigenvalue weighted by Crippen LogP contribution is -2.35. The fourth-order valence-electron chi connectivity index (χ4n) is 1.78. The third kappa shape index (κ3) is 6.73. The molecule has 0 radical (unpaired) electrons. The smallest absolute Gasteiger partial charge is 0.132 e. The molecule has 21 heavy (non-hydrogen) atoms. The maximum Gasteiger partial charge on any atom is 0.132 e. The van der Waals surface area contributed by atoms with Gasteiger partial charge in [-0.25, -0.2) is 9.97 Å². The Kier molecular flexibility index (Phi) is 7.39. The Morgan fingerprint density at radius 1 is 1.24 bits per heavy atom. The molecule has 0 saturated carbocycles. The van der Waals surface area contributed by atoms with Gasteiger partial charge in [-0.05, 0) is 13.3 Å². The highest BCUT2D eigenvalue weighted by molar-refractivity contribution is 5.47. The Morgan fingerprint density at radius 3 is 2.48 bits per heavy atom. The summed E-state index contributed by atoms with van der Waals surface area (Å²) in [6, 6.07) is 1.88. The first-order valence-corrected chi connectivity index (χ1v) is 7.57. The van der Waals surface area contributed by atoms with Gasteiger partial charge in [-0.1, -0.05) is 13.8 Å². The molecule has 1 aromatic heterocycles. The van der Waals surface area contributed by atoms with E-state index in [4.69, 9.17) is 4.74 Å². The van der Waals surface area contributed by atoms with Crippen molar-refractivity contribution in [2.75, 3.05) is 37.4 Å². The van der Waals surface area contributed by atoms with Gasteiger partial charge in [0.05, 0.1) is 5.60 Å². The van der Waals surface area contributed by atoms with Gasteiger partial charge in [0, 0.05) is 45.7 Å². The minimum absolute atomic E-state index is 0.420. The monoisotopic (exact) mass is 296 g/mol. The van der Waals surface area contributed by atoms with E-state index in [1.807, 2.05) is 13.0 Å². The van der Waals surface area contributed by atoms with Crippen molar-refractivity contribution in [1.29, 1.82) is 0 Å². The quantitative estimate of drug-likeness (QED) is 0.613. The number of nitrogens with zero attached hydrogens (tertiary/aromatic N) is 2. The molecule has 1 unspecified atom stereocenters. The maximum absolute atomic E-state index is 10.2. The van der Waals surface area contributed by atoms with Crippen molar-refractivity contribution in [3.05, 3.63) is 11.9 Å². The highest BCUT2D eigenvalue weighted by Crippen LogP contribution is 2.15. The van der Waals surface area contributed by atoms with Crippen LogP contribution >= 0.6 is 0 Å². The van der Waals surface area contributed by atoms with Crippen molar-refractivity contribution in [3.8, 4) is 0 Å². The maximum atomic E-state index is 10.2. The average Bonchev–Trinajstić information content (AvgIpc) is 2.49. The fourth-order valence-corrected chi connectivity index (χ4v) is 1.78. The van der Waals surface area contributed by atoms with E-state index in [1.165, 1.54) is 0 Å². The Balaban J connectivity index is 2.68. The molecule has 0 aliphatic carbocycles. The van der Waals surface area contributed by atoms with Crippen molar-refractivity contribution in [3.63, 3.8) is 0 Å². The Morgan fingerprint density at radius 2 is 1.90 bits per heavy atom. The molecule has 120 valence electrons. The molecule has 0 saturated heterocycles. The van der Waals surface area contributed by atoms with Gasteiger partial charge < -0.3 is 20.5 Å². The number of methoxy groups -OCH3 is 1. The molecule has 1 atom stereocenters. The summed E-state index contributed by atoms with van der Waals surface area (Å²) in [5, 5.41) is 16.7. The fraction of sp³-hybridized carbons (Fsp3) is 0.733. The molecule has 1 aromatic rings. The zero-order chi connectivity index (χ0) is 15.7. The molecule has 1 rings (SSSR count). The summed E-state index contributed by atoms with van der Waals surface area (Å²) in [6.07, 6.45) is 2.39. The number of ether oxygens (including phenoxy) is 1. The van der Waals surface area contributed by atoms with Crippen LogP contribution < -0.4 is 10.6 Å². The molecule has 0 aromatic carbocycles. The Labute approximate surface area is 127 Å². The van der Waals surface area contributed by atoms with Crippen LogP contribution in [0.15, 0.2) is 6.07 Å². The van der Waals surface area contributed by atoms with Crippen LogP contribution in [0.3, 0.4) is 0 Å². The highest BCUT2D eigenvalue weighted by Gasteiger charge is 2.20. The van der Waals surface area contributed by atoms with Crippen LogP contribution in [0.2, 0.25) is 0 Å². The van der Waals surface area contributed by atoms with Gasteiger partial charge >= 0.3 is 0 Å². The topological polar surface area (TPSA) is 79.3 Å². The number of hydrogen-bond acceptors (Lipinski definition) is 6. The van der Waals surface area contributed by atoms with Crippen LogP contribution in [0.4, 0.5) is 11.6 Å². The van der Waals surface area contributed by atoms with Crippen molar-refractivity contribution in [2.24, 2.45) is 0 Å². The van der Waals surface area contributed by atoms with Gasteiger partial charge in [-0.2, -0.15) is 0 Å². The van der Waals surface area contributed by atoms with E-state index < -0.39 is 5.60 Å². The van der Waals surface area contributed by atoms with Gasteiger partial charge in [-0.15, -0.1) is 0 Å². The molecule has 6 nitrogen and oxygen atoms in total. The van der Waals surface area contributed by atoms with Gasteiger partial charge in [0.15, 0.2) is 0 Å². The van der Waals surface area contributed by atoms with Crippen molar-refractivity contribution >= 4 is 11.6 Å². The second-order valence-electron chi connectivity index (χ2n) is 5.43. The van der Waals surface area contributed by atoms with Gasteiger partial charge in [0.2, 0.25) is 0 Å². The third-order valence-corrected chi connectivity index (χ3v) is 3.14. The van der Waals surface area contributed by atoms with Crippen LogP contribution in [0, 0.1) is 0 Å². The first-order valence-electron chi connectivity index (χ1n) is 7.57. The molecule has 0 aliphatic heterocycles. The van der Waals surface area contributed by atoms with E-state index in [2.05, 4.69) is 27.5 Å². The number of aliphatic hydroxyl groups is 1. The van der Waals surface area contributed by atoms with Crippen LogP contribution in [-0.4, -0.2) is 47.5 Å². The lowest BCUT2D eigenvalue weighted by Gasteiger charge is -2.23. The van der Waals surface area contributed by atoms with Crippen LogP contribution in [-0.2, 0) is 11.2 Å². The van der Waals surface area contributed by atoms with E-state index in [0.717, 1.165) is 36.8 Å². The van der Waals surface area contributed by atoms with E-state index in [1.54, 1.807) is 14.0 Å². The summed E-state index contributed by atoms with van der Waals surface area (Å²) in [5.41, 5.74) is -0.829. The van der Waals surface area contributed by atoms with Gasteiger partial charge in [0.1, 0.15) is 17.5 Å². The summed E-state index contributed by atoms with van der Waals surface area (Å²) in [6.45, 7) is 7.76. The predicted octanol–water partition coefficient (Wildman–Crippen LogP) is 2.06. The van der Waals surface area contributed by atoms with E-state index in [-0.39, 0.29) is 0 Å². The lowest BCUT2D eigenvalue weighted by atomic mass is 10.0. The molecule has 3 N–H and O–H groups in total. The third-order valence-electron chi connectivity index (χ3n) is 3.14. The normalized spacial score (nSPS) is 13.8. The number of hydrogen-bond donors (Lipinski definition) is 3. The van der Waals surface area contributed by atoms with Crippen molar-refractivity contribution < 1.29 is 9.84 Å². The molecular formula is C15H28N4O2. The Hall–Kier alpha value is -1.40. The second-order valence-corrected chi connectivity index (χ2v) is 5.43. The summed E-state index contributed by atoms with van der Waals surface area (Å²) in [7, 11) is 1.63. The molecule has 0 spiro atoms. The van der Waals surface area contributed by atoms with Crippen molar-refractivity contribution in [2.45, 2.75) is 45.6 Å². The minimum Gasteiger partial charge on any atom is -0.388 e. The SMILES string of the molecule is CCCNc1cc(NCC(C)(O)CCOC)nc(CC)n1. The van der Waals surface area contributed by atoms with E-state index in [9.17, 15) is 5.11 Å². The highest BCUT2D eigenvalue weighted by atomic mass is 16.5. The second kappa shape index (κ2) is 8.79. The predicted molar refractivity (Wildman–Crippen MR) is 85.8 cm³/mol. The summed E-state index contributed by atoms with van der Waals surface area (Å²) in [5.74, 6) is 2.34. The zero-order valence-corrected chi connectivity index (χ0v) is 13.6. The first-order chi connectivity index (χ1) is 10.0. The summed E-state index contributed by atoms with van der Waals surface area (Å²) < 4.78 is 5.01. The largest absolute Gasteiger partial charge is 0.388 e. The van der Waals surface area contributed by atoms with E-state index >= 15 is 0 Å². The standard InChI is InChI=1S/C15H28N4O2/c1-5-8-16-13-10-14(19-12(6-2)18-13)17-11-15(3,20)7-9-21-4/h10,20H,5-9,11H2,1-4H3,(H2,16,17,18,19). The number of rotatable bonds is 10. The number of nitrogens with one attached hydrogen (secondary N) is 2. The average molecular weight is 296 g/mol. The Bertz CT molecular complexity index is 424. The number of aromatic nitrogens is 2. The number of aryl methyl sites for hydroxylation is 1. The van der Waals surface area contributed by atoms with E-state index in [0.29, 0.717) is 19.6 Å². The molecule has 0 aliphatic rings. The minimum atomic E-state index is -0.829. The number of anilines is 2. The molecule has 0 bridgehead atoms. The van der Waals surface area contributed by atoms with Crippen LogP contribution in [0.1, 0.15) is 39.4 Å². The van der Waals surface area contributed by atoms with Gasteiger partial charge in [-0.3, -0.25) is 0 Å². The summed E-state index contributed by atoms with van der Waals surface area (Å²) >= 11 is 0. The zero-order valence-electron chi connectivity index (χ0n) is 13.6. The lowest BCUT2D eigenvalue weighted by molar-refractivity contribution is 0.0357. The van der Waals surface area contributed by atoms with Crippen molar-refractivity contribution in [1.82, 2.24) is 9.97 Å². The summed E-state index contributed by atoms with van der Waals surface area (Å²) in [4.78, 5) is 8.88. The molecule has 0 amide bonds.